The SMILES string of the molecule is N#Cc1ncccc1S(=O)(=O)N(CC(F)(F)F)C1CC1. The number of sulfonamides is 1. The number of rotatable bonds is 4. The molecule has 0 aliphatic heterocycles. The van der Waals surface area contributed by atoms with Crippen molar-refractivity contribution in [2.24, 2.45) is 0 Å². The molecule has 0 spiro atoms. The average molecular weight is 305 g/mol. The summed E-state index contributed by atoms with van der Waals surface area (Å²) < 4.78 is 62.6. The fourth-order valence-electron chi connectivity index (χ4n) is 1.76. The summed E-state index contributed by atoms with van der Waals surface area (Å²) >= 11 is 0. The van der Waals surface area contributed by atoms with Crippen LogP contribution in [0.1, 0.15) is 18.5 Å². The Morgan fingerprint density at radius 3 is 2.60 bits per heavy atom. The molecule has 0 aromatic carbocycles. The predicted octanol–water partition coefficient (Wildman–Crippen LogP) is 1.67. The van der Waals surface area contributed by atoms with E-state index in [4.69, 9.17) is 5.26 Å². The molecule has 20 heavy (non-hydrogen) atoms. The van der Waals surface area contributed by atoms with E-state index in [-0.39, 0.29) is 0 Å². The van der Waals surface area contributed by atoms with Crippen molar-refractivity contribution in [3.05, 3.63) is 24.0 Å². The van der Waals surface area contributed by atoms with Gasteiger partial charge in [0.15, 0.2) is 5.69 Å². The van der Waals surface area contributed by atoms with Crippen LogP contribution in [0.5, 0.6) is 0 Å². The van der Waals surface area contributed by atoms with Gasteiger partial charge in [-0.1, -0.05) is 0 Å². The van der Waals surface area contributed by atoms with Crippen LogP contribution in [0.15, 0.2) is 23.2 Å². The molecule has 2 rings (SSSR count). The highest BCUT2D eigenvalue weighted by atomic mass is 32.2. The summed E-state index contributed by atoms with van der Waals surface area (Å²) in [5.41, 5.74) is -0.402. The van der Waals surface area contributed by atoms with Crippen LogP contribution in [0.3, 0.4) is 0 Å². The van der Waals surface area contributed by atoms with E-state index in [2.05, 4.69) is 4.98 Å². The molecule has 108 valence electrons. The monoisotopic (exact) mass is 305 g/mol. The van der Waals surface area contributed by atoms with Gasteiger partial charge < -0.3 is 0 Å². The highest BCUT2D eigenvalue weighted by Gasteiger charge is 2.45. The minimum atomic E-state index is -4.63. The molecular weight excluding hydrogens is 295 g/mol. The van der Waals surface area contributed by atoms with Crippen LogP contribution in [0.25, 0.3) is 0 Å². The molecule has 0 saturated heterocycles. The van der Waals surface area contributed by atoms with E-state index in [1.54, 1.807) is 6.07 Å². The van der Waals surface area contributed by atoms with E-state index in [0.29, 0.717) is 17.1 Å². The predicted molar refractivity (Wildman–Crippen MR) is 61.9 cm³/mol. The molecule has 0 amide bonds. The first-order valence-electron chi connectivity index (χ1n) is 5.69. The van der Waals surface area contributed by atoms with Crippen molar-refractivity contribution in [3.63, 3.8) is 0 Å². The lowest BCUT2D eigenvalue weighted by molar-refractivity contribution is -0.137. The van der Waals surface area contributed by atoms with Crippen LogP contribution in [0, 0.1) is 11.3 Å². The summed E-state index contributed by atoms with van der Waals surface area (Å²) in [5, 5.41) is 8.83. The van der Waals surface area contributed by atoms with Crippen molar-refractivity contribution in [2.45, 2.75) is 30.0 Å². The van der Waals surface area contributed by atoms with Crippen molar-refractivity contribution in [1.82, 2.24) is 9.29 Å². The Labute approximate surface area is 113 Å². The third-order valence-electron chi connectivity index (χ3n) is 2.75. The van der Waals surface area contributed by atoms with E-state index in [1.807, 2.05) is 0 Å². The van der Waals surface area contributed by atoms with Gasteiger partial charge in [-0.3, -0.25) is 0 Å². The molecule has 1 aromatic rings. The van der Waals surface area contributed by atoms with E-state index in [9.17, 15) is 21.6 Å². The number of aromatic nitrogens is 1. The normalized spacial score (nSPS) is 16.1. The highest BCUT2D eigenvalue weighted by Crippen LogP contribution is 2.35. The van der Waals surface area contributed by atoms with E-state index in [1.165, 1.54) is 12.3 Å². The standard InChI is InChI=1S/C11H10F3N3O2S/c12-11(13,14)7-17(8-3-4-8)20(18,19)10-2-1-5-16-9(10)6-15/h1-2,5,8H,3-4,7H2. The summed E-state index contributed by atoms with van der Waals surface area (Å²) in [4.78, 5) is 3.09. The number of nitrogens with zero attached hydrogens (tertiary/aromatic N) is 3. The average Bonchev–Trinajstić information content (AvgIpc) is 3.19. The molecule has 1 aliphatic rings. The molecule has 1 aliphatic carbocycles. The van der Waals surface area contributed by atoms with Crippen molar-refractivity contribution in [3.8, 4) is 6.07 Å². The molecule has 0 bridgehead atoms. The Morgan fingerprint density at radius 1 is 1.45 bits per heavy atom. The van der Waals surface area contributed by atoms with Crippen LogP contribution >= 0.6 is 0 Å². The molecule has 0 unspecified atom stereocenters. The van der Waals surface area contributed by atoms with Crippen molar-refractivity contribution >= 4 is 10.0 Å². The fourth-order valence-corrected chi connectivity index (χ4v) is 3.52. The van der Waals surface area contributed by atoms with Crippen LogP contribution in [0.2, 0.25) is 0 Å². The minimum Gasteiger partial charge on any atom is -0.244 e. The van der Waals surface area contributed by atoms with Gasteiger partial charge in [-0.15, -0.1) is 0 Å². The molecule has 0 radical (unpaired) electrons. The molecule has 5 nitrogen and oxygen atoms in total. The summed E-state index contributed by atoms with van der Waals surface area (Å²) in [6.45, 7) is -1.56. The summed E-state index contributed by atoms with van der Waals surface area (Å²) in [6, 6.07) is 3.28. The molecule has 0 N–H and O–H groups in total. The zero-order valence-corrected chi connectivity index (χ0v) is 10.9. The van der Waals surface area contributed by atoms with Crippen LogP contribution in [0.4, 0.5) is 13.2 Å². The van der Waals surface area contributed by atoms with Crippen LogP contribution < -0.4 is 0 Å². The summed E-state index contributed by atoms with van der Waals surface area (Å²) in [6.07, 6.45) is -2.65. The third-order valence-corrected chi connectivity index (χ3v) is 4.68. The summed E-state index contributed by atoms with van der Waals surface area (Å²) in [7, 11) is -4.39. The van der Waals surface area contributed by atoms with Gasteiger partial charge in [0.25, 0.3) is 0 Å². The maximum absolute atomic E-state index is 12.5. The second kappa shape index (κ2) is 5.03. The number of hydrogen-bond donors (Lipinski definition) is 0. The van der Waals surface area contributed by atoms with Gasteiger partial charge >= 0.3 is 6.18 Å². The lowest BCUT2D eigenvalue weighted by Crippen LogP contribution is -2.40. The Kier molecular flexibility index (Phi) is 3.71. The van der Waals surface area contributed by atoms with Gasteiger partial charge in [0.2, 0.25) is 10.0 Å². The zero-order valence-electron chi connectivity index (χ0n) is 10.1. The molecule has 0 atom stereocenters. The molecular formula is C11H10F3N3O2S. The van der Waals surface area contributed by atoms with Gasteiger partial charge in [0.05, 0.1) is 0 Å². The first-order chi connectivity index (χ1) is 9.25. The van der Waals surface area contributed by atoms with E-state index in [0.717, 1.165) is 6.07 Å². The van der Waals surface area contributed by atoms with Crippen molar-refractivity contribution < 1.29 is 21.6 Å². The van der Waals surface area contributed by atoms with Gasteiger partial charge in [-0.2, -0.15) is 22.7 Å². The van der Waals surface area contributed by atoms with Gasteiger partial charge in [0, 0.05) is 12.2 Å². The smallest absolute Gasteiger partial charge is 0.244 e. The largest absolute Gasteiger partial charge is 0.402 e. The van der Waals surface area contributed by atoms with Gasteiger partial charge in [-0.25, -0.2) is 13.4 Å². The Morgan fingerprint density at radius 2 is 2.10 bits per heavy atom. The maximum Gasteiger partial charge on any atom is 0.402 e. The Hall–Kier alpha value is -1.66. The molecule has 1 saturated carbocycles. The van der Waals surface area contributed by atoms with Gasteiger partial charge in [-0.05, 0) is 25.0 Å². The maximum atomic E-state index is 12.5. The van der Waals surface area contributed by atoms with Crippen LogP contribution in [-0.4, -0.2) is 36.5 Å². The second-order valence-electron chi connectivity index (χ2n) is 4.36. The van der Waals surface area contributed by atoms with E-state index < -0.39 is 39.4 Å². The topological polar surface area (TPSA) is 74.1 Å². The third kappa shape index (κ3) is 3.08. The first-order valence-corrected chi connectivity index (χ1v) is 7.13. The molecule has 1 heterocycles. The quantitative estimate of drug-likeness (QED) is 0.848. The number of alkyl halides is 3. The summed E-state index contributed by atoms with van der Waals surface area (Å²) in [5.74, 6) is 0. The molecule has 1 aromatic heterocycles. The number of hydrogen-bond acceptors (Lipinski definition) is 4. The number of pyridine rings is 1. The zero-order chi connectivity index (χ0) is 15.0. The molecule has 9 heteroatoms. The van der Waals surface area contributed by atoms with Crippen molar-refractivity contribution in [2.75, 3.05) is 6.54 Å². The van der Waals surface area contributed by atoms with Crippen LogP contribution in [-0.2, 0) is 10.0 Å². The Bertz CT molecular complexity index is 648. The highest BCUT2D eigenvalue weighted by molar-refractivity contribution is 7.89. The first kappa shape index (κ1) is 14.7. The minimum absolute atomic E-state index is 0.386. The van der Waals surface area contributed by atoms with Gasteiger partial charge in [0.1, 0.15) is 17.5 Å². The number of halogens is 3. The Balaban J connectivity index is 2.44. The fraction of sp³-hybridized carbons (Fsp3) is 0.455. The molecule has 1 fully saturated rings. The van der Waals surface area contributed by atoms with Crippen molar-refractivity contribution in [1.29, 1.82) is 5.26 Å². The van der Waals surface area contributed by atoms with E-state index >= 15 is 0 Å². The lowest BCUT2D eigenvalue weighted by atomic mass is 10.4. The number of nitriles is 1. The lowest BCUT2D eigenvalue weighted by Gasteiger charge is -2.23. The second-order valence-corrected chi connectivity index (χ2v) is 6.22.